The zero-order valence-electron chi connectivity index (χ0n) is 10.2. The van der Waals surface area contributed by atoms with Gasteiger partial charge in [0.05, 0.1) is 14.2 Å². The summed E-state index contributed by atoms with van der Waals surface area (Å²) >= 11 is 0. The summed E-state index contributed by atoms with van der Waals surface area (Å²) in [6.07, 6.45) is 1.72. The molecule has 3 nitrogen and oxygen atoms in total. The summed E-state index contributed by atoms with van der Waals surface area (Å²) in [5.41, 5.74) is 1.68. The Morgan fingerprint density at radius 3 is 2.19 bits per heavy atom. The monoisotopic (exact) mass is 222 g/mol. The summed E-state index contributed by atoms with van der Waals surface area (Å²) < 4.78 is 10.4. The maximum atomic E-state index is 11.0. The fourth-order valence-electron chi connectivity index (χ4n) is 1.66. The molecule has 0 heterocycles. The molecular weight excluding hydrogens is 204 g/mol. The Labute approximate surface area is 96.4 Å². The molecule has 0 fully saturated rings. The van der Waals surface area contributed by atoms with E-state index in [4.69, 9.17) is 9.47 Å². The highest BCUT2D eigenvalue weighted by molar-refractivity contribution is 5.79. The second-order valence-electron chi connectivity index (χ2n) is 4.12. The average molecular weight is 222 g/mol. The summed E-state index contributed by atoms with van der Waals surface area (Å²) in [6, 6.07) is 3.60. The topological polar surface area (TPSA) is 35.5 Å². The highest BCUT2D eigenvalue weighted by atomic mass is 16.5. The maximum Gasteiger partial charge on any atom is 0.161 e. The van der Waals surface area contributed by atoms with Crippen LogP contribution in [0.1, 0.15) is 29.8 Å². The molecule has 0 saturated carbocycles. The normalized spacial score (nSPS) is 10.3. The molecule has 0 saturated heterocycles. The van der Waals surface area contributed by atoms with Gasteiger partial charge in [-0.05, 0) is 30.0 Å². The largest absolute Gasteiger partial charge is 0.493 e. The predicted molar refractivity (Wildman–Crippen MR) is 63.5 cm³/mol. The lowest BCUT2D eigenvalue weighted by molar-refractivity contribution is 0.112. The quantitative estimate of drug-likeness (QED) is 0.718. The highest BCUT2D eigenvalue weighted by Crippen LogP contribution is 2.30. The summed E-state index contributed by atoms with van der Waals surface area (Å²) in [6.45, 7) is 4.23. The third-order valence-electron chi connectivity index (χ3n) is 2.40. The number of benzene rings is 1. The van der Waals surface area contributed by atoms with E-state index < -0.39 is 0 Å². The first-order chi connectivity index (χ1) is 7.62. The molecule has 3 heteroatoms. The van der Waals surface area contributed by atoms with Gasteiger partial charge in [0.1, 0.15) is 6.29 Å². The SMILES string of the molecule is COc1cc(C=O)c(CC(C)C)cc1OC. The van der Waals surface area contributed by atoms with E-state index in [9.17, 15) is 4.79 Å². The Bertz CT molecular complexity index is 370. The van der Waals surface area contributed by atoms with Crippen molar-refractivity contribution < 1.29 is 14.3 Å². The number of hydrogen-bond donors (Lipinski definition) is 0. The average Bonchev–Trinajstić information content (AvgIpc) is 2.27. The summed E-state index contributed by atoms with van der Waals surface area (Å²) in [7, 11) is 3.16. The molecule has 0 atom stereocenters. The minimum atomic E-state index is 0.497. The number of hydrogen-bond acceptors (Lipinski definition) is 3. The number of carbonyl (C=O) groups is 1. The smallest absolute Gasteiger partial charge is 0.161 e. The van der Waals surface area contributed by atoms with Crippen LogP contribution in [-0.2, 0) is 6.42 Å². The highest BCUT2D eigenvalue weighted by Gasteiger charge is 2.11. The number of carbonyl (C=O) groups excluding carboxylic acids is 1. The molecule has 88 valence electrons. The van der Waals surface area contributed by atoms with Crippen LogP contribution in [-0.4, -0.2) is 20.5 Å². The summed E-state index contributed by atoms with van der Waals surface area (Å²) in [4.78, 5) is 11.0. The molecule has 16 heavy (non-hydrogen) atoms. The van der Waals surface area contributed by atoms with E-state index in [0.717, 1.165) is 18.3 Å². The van der Waals surface area contributed by atoms with Crippen LogP contribution >= 0.6 is 0 Å². The molecule has 1 aromatic rings. The fraction of sp³-hybridized carbons (Fsp3) is 0.462. The number of ether oxygens (including phenoxy) is 2. The minimum absolute atomic E-state index is 0.497. The third-order valence-corrected chi connectivity index (χ3v) is 2.40. The first kappa shape index (κ1) is 12.6. The van der Waals surface area contributed by atoms with Gasteiger partial charge in [-0.1, -0.05) is 13.8 Å². The lowest BCUT2D eigenvalue weighted by Gasteiger charge is -2.13. The third kappa shape index (κ3) is 2.75. The van der Waals surface area contributed by atoms with Gasteiger partial charge in [0.25, 0.3) is 0 Å². The van der Waals surface area contributed by atoms with E-state index in [0.29, 0.717) is 23.0 Å². The number of aldehydes is 1. The van der Waals surface area contributed by atoms with Crippen LogP contribution in [0.25, 0.3) is 0 Å². The van der Waals surface area contributed by atoms with Crippen molar-refractivity contribution in [2.75, 3.05) is 14.2 Å². The van der Waals surface area contributed by atoms with Crippen molar-refractivity contribution in [3.05, 3.63) is 23.3 Å². The van der Waals surface area contributed by atoms with E-state index in [1.54, 1.807) is 20.3 Å². The van der Waals surface area contributed by atoms with Gasteiger partial charge in [-0.2, -0.15) is 0 Å². The van der Waals surface area contributed by atoms with Crippen LogP contribution in [0.15, 0.2) is 12.1 Å². The lowest BCUT2D eigenvalue weighted by atomic mass is 9.98. The standard InChI is InChI=1S/C13H18O3/c1-9(2)5-10-6-12(15-3)13(16-4)7-11(10)8-14/h6-9H,5H2,1-4H3. The van der Waals surface area contributed by atoms with Gasteiger partial charge in [-0.3, -0.25) is 4.79 Å². The van der Waals surface area contributed by atoms with Gasteiger partial charge < -0.3 is 9.47 Å². The molecular formula is C13H18O3. The first-order valence-corrected chi connectivity index (χ1v) is 5.32. The molecule has 0 aliphatic carbocycles. The van der Waals surface area contributed by atoms with Crippen LogP contribution in [0.3, 0.4) is 0 Å². The van der Waals surface area contributed by atoms with E-state index in [-0.39, 0.29) is 0 Å². The number of methoxy groups -OCH3 is 2. The lowest BCUT2D eigenvalue weighted by Crippen LogP contribution is -2.01. The van der Waals surface area contributed by atoms with Crippen molar-refractivity contribution in [3.8, 4) is 11.5 Å². The Morgan fingerprint density at radius 2 is 1.75 bits per heavy atom. The van der Waals surface area contributed by atoms with Crippen molar-refractivity contribution in [3.63, 3.8) is 0 Å². The predicted octanol–water partition coefficient (Wildman–Crippen LogP) is 2.71. The molecule has 0 N–H and O–H groups in total. The van der Waals surface area contributed by atoms with E-state index in [1.165, 1.54) is 0 Å². The van der Waals surface area contributed by atoms with Crippen LogP contribution in [0.5, 0.6) is 11.5 Å². The maximum absolute atomic E-state index is 11.0. The molecule has 0 amide bonds. The van der Waals surface area contributed by atoms with Crippen molar-refractivity contribution in [1.82, 2.24) is 0 Å². The van der Waals surface area contributed by atoms with Gasteiger partial charge >= 0.3 is 0 Å². The molecule has 1 rings (SSSR count). The molecule has 0 unspecified atom stereocenters. The van der Waals surface area contributed by atoms with Crippen LogP contribution < -0.4 is 9.47 Å². The molecule has 1 aromatic carbocycles. The molecule has 0 radical (unpaired) electrons. The second-order valence-corrected chi connectivity index (χ2v) is 4.12. The van der Waals surface area contributed by atoms with Crippen LogP contribution in [0.2, 0.25) is 0 Å². The van der Waals surface area contributed by atoms with Crippen LogP contribution in [0.4, 0.5) is 0 Å². The van der Waals surface area contributed by atoms with E-state index in [2.05, 4.69) is 13.8 Å². The minimum Gasteiger partial charge on any atom is -0.493 e. The molecule has 0 aromatic heterocycles. The van der Waals surface area contributed by atoms with Gasteiger partial charge in [0.2, 0.25) is 0 Å². The van der Waals surface area contributed by atoms with Gasteiger partial charge in [-0.15, -0.1) is 0 Å². The second kappa shape index (κ2) is 5.54. The summed E-state index contributed by atoms with van der Waals surface area (Å²) in [5.74, 6) is 1.76. The van der Waals surface area contributed by atoms with E-state index in [1.807, 2.05) is 6.07 Å². The van der Waals surface area contributed by atoms with Gasteiger partial charge in [0, 0.05) is 5.56 Å². The van der Waals surface area contributed by atoms with Crippen molar-refractivity contribution in [2.24, 2.45) is 5.92 Å². The fourth-order valence-corrected chi connectivity index (χ4v) is 1.66. The molecule has 0 bridgehead atoms. The summed E-state index contributed by atoms with van der Waals surface area (Å²) in [5, 5.41) is 0. The van der Waals surface area contributed by atoms with Crippen LogP contribution in [0, 0.1) is 5.92 Å². The van der Waals surface area contributed by atoms with Crippen molar-refractivity contribution in [2.45, 2.75) is 20.3 Å². The zero-order valence-corrected chi connectivity index (χ0v) is 10.2. The van der Waals surface area contributed by atoms with E-state index >= 15 is 0 Å². The zero-order chi connectivity index (χ0) is 12.1. The van der Waals surface area contributed by atoms with Crippen molar-refractivity contribution in [1.29, 1.82) is 0 Å². The Hall–Kier alpha value is -1.51. The van der Waals surface area contributed by atoms with Gasteiger partial charge in [-0.25, -0.2) is 0 Å². The first-order valence-electron chi connectivity index (χ1n) is 5.32. The number of rotatable bonds is 5. The van der Waals surface area contributed by atoms with Crippen molar-refractivity contribution >= 4 is 6.29 Å². The molecule has 0 spiro atoms. The Morgan fingerprint density at radius 1 is 1.19 bits per heavy atom. The Balaban J connectivity index is 3.20. The van der Waals surface area contributed by atoms with Gasteiger partial charge in [0.15, 0.2) is 11.5 Å². The molecule has 0 aliphatic rings. The Kier molecular flexibility index (Phi) is 4.35. The molecule has 0 aliphatic heterocycles.